The second kappa shape index (κ2) is 20.3. The van der Waals surface area contributed by atoms with Gasteiger partial charge in [-0.25, -0.2) is 0 Å². The maximum absolute atomic E-state index is 4.22. The second-order valence-corrected chi connectivity index (χ2v) is 2.42. The van der Waals surface area contributed by atoms with Crippen LogP contribution in [0.25, 0.3) is 0 Å². The van der Waals surface area contributed by atoms with E-state index in [0.717, 1.165) is 6.42 Å². The average molecular weight is 333 g/mol. The Labute approximate surface area is 127 Å². The molecular formula is C9H13Cl4FeN. The molecule has 6 heteroatoms. The number of nitrogens with zero attached hydrogens (tertiary/aromatic N) is 1. The monoisotopic (exact) mass is 331 g/mol. The molecule has 0 saturated carbocycles. The number of pyridine rings is 1. The van der Waals surface area contributed by atoms with E-state index < -0.39 is 0 Å². The number of rotatable bonds is 3. The van der Waals surface area contributed by atoms with Crippen LogP contribution in [0.5, 0.6) is 0 Å². The molecule has 0 spiro atoms. The van der Waals surface area contributed by atoms with E-state index in [2.05, 4.69) is 18.0 Å². The van der Waals surface area contributed by atoms with Crippen LogP contribution in [0.2, 0.25) is 0 Å². The quantitative estimate of drug-likeness (QED) is 0.501. The molecule has 0 fully saturated rings. The number of halogens is 4. The van der Waals surface area contributed by atoms with Crippen LogP contribution in [0, 0.1) is 0 Å². The number of hydrogen-bond acceptors (Lipinski definition) is 1. The minimum Gasteiger partial charge on any atom is -1.00 e. The van der Waals surface area contributed by atoms with Crippen molar-refractivity contribution in [2.75, 3.05) is 0 Å². The average Bonchev–Trinajstić information content (AvgIpc) is 2.03. The Morgan fingerprint density at radius 1 is 1.07 bits per heavy atom. The summed E-state index contributed by atoms with van der Waals surface area (Å²) in [4.78, 5) is 4.22. The molecule has 0 bridgehead atoms. The Balaban J connectivity index is -0.0000000667. The van der Waals surface area contributed by atoms with Gasteiger partial charge in [-0.05, 0) is 25.0 Å². The van der Waals surface area contributed by atoms with Crippen molar-refractivity contribution in [3.05, 3.63) is 30.1 Å². The molecule has 15 heavy (non-hydrogen) atoms. The van der Waals surface area contributed by atoms with Crippen LogP contribution >= 0.6 is 0 Å². The van der Waals surface area contributed by atoms with Gasteiger partial charge in [0.25, 0.3) is 0 Å². The largest absolute Gasteiger partial charge is 4.00 e. The predicted molar refractivity (Wildman–Crippen MR) is 42.8 cm³/mol. The first-order chi connectivity index (χ1) is 4.93. The van der Waals surface area contributed by atoms with Crippen LogP contribution in [0.15, 0.2) is 24.4 Å². The molecule has 1 aromatic heterocycles. The van der Waals surface area contributed by atoms with E-state index in [1.807, 2.05) is 18.3 Å². The maximum atomic E-state index is 4.22. The maximum Gasteiger partial charge on any atom is 4.00 e. The van der Waals surface area contributed by atoms with E-state index in [0.29, 0.717) is 0 Å². The van der Waals surface area contributed by atoms with Crippen LogP contribution in [0.4, 0.5) is 0 Å². The number of hydrogen-bond donors (Lipinski definition) is 0. The molecule has 0 N–H and O–H groups in total. The first-order valence-electron chi connectivity index (χ1n) is 3.83. The van der Waals surface area contributed by atoms with Gasteiger partial charge in [-0.3, -0.25) is 4.98 Å². The van der Waals surface area contributed by atoms with Crippen molar-refractivity contribution in [3.8, 4) is 0 Å². The molecule has 0 aliphatic rings. The van der Waals surface area contributed by atoms with E-state index >= 15 is 0 Å². The zero-order valence-corrected chi connectivity index (χ0v) is 12.4. The van der Waals surface area contributed by atoms with Crippen molar-refractivity contribution < 1.29 is 66.7 Å². The normalized spacial score (nSPS) is 6.47. The van der Waals surface area contributed by atoms with Crippen LogP contribution < -0.4 is 49.6 Å². The Morgan fingerprint density at radius 2 is 1.67 bits per heavy atom. The van der Waals surface area contributed by atoms with Gasteiger partial charge in [-0.2, -0.15) is 0 Å². The minimum atomic E-state index is 0. The molecule has 90 valence electrons. The smallest absolute Gasteiger partial charge is 1.00 e. The van der Waals surface area contributed by atoms with Gasteiger partial charge in [0.1, 0.15) is 0 Å². The van der Waals surface area contributed by atoms with Gasteiger partial charge in [0.05, 0.1) is 0 Å². The standard InChI is InChI=1S/C9H13N.4ClH.Fe/c1-2-3-6-9-7-4-5-8-10-9;;;;;/h4-5,7-8H,2-3,6H2,1H3;4*1H;/q;;;;;+4/p-4. The van der Waals surface area contributed by atoms with Crippen molar-refractivity contribution in [2.45, 2.75) is 26.2 Å². The van der Waals surface area contributed by atoms with E-state index in [-0.39, 0.29) is 66.7 Å². The molecule has 0 aromatic carbocycles. The molecule has 1 nitrogen and oxygen atoms in total. The summed E-state index contributed by atoms with van der Waals surface area (Å²) in [5, 5.41) is 0. The van der Waals surface area contributed by atoms with Gasteiger partial charge in [0.2, 0.25) is 0 Å². The van der Waals surface area contributed by atoms with E-state index in [9.17, 15) is 0 Å². The Hall–Kier alpha value is 0.829. The fourth-order valence-corrected chi connectivity index (χ4v) is 0.904. The van der Waals surface area contributed by atoms with Gasteiger partial charge in [-0.15, -0.1) is 0 Å². The Bertz CT molecular complexity index is 187. The summed E-state index contributed by atoms with van der Waals surface area (Å²) >= 11 is 0. The van der Waals surface area contributed by atoms with Gasteiger partial charge in [-0.1, -0.05) is 19.4 Å². The van der Waals surface area contributed by atoms with E-state index in [4.69, 9.17) is 0 Å². The zero-order valence-electron chi connectivity index (χ0n) is 8.24. The van der Waals surface area contributed by atoms with Gasteiger partial charge >= 0.3 is 17.1 Å². The van der Waals surface area contributed by atoms with Crippen molar-refractivity contribution in [3.63, 3.8) is 0 Å². The molecule has 0 unspecified atom stereocenters. The molecule has 0 atom stereocenters. The van der Waals surface area contributed by atoms with E-state index in [1.165, 1.54) is 18.5 Å². The van der Waals surface area contributed by atoms with Crippen LogP contribution in [0.3, 0.4) is 0 Å². The molecule has 1 heterocycles. The van der Waals surface area contributed by atoms with Gasteiger partial charge < -0.3 is 49.6 Å². The second-order valence-electron chi connectivity index (χ2n) is 2.42. The van der Waals surface area contributed by atoms with Crippen molar-refractivity contribution in [2.24, 2.45) is 0 Å². The summed E-state index contributed by atoms with van der Waals surface area (Å²) in [5.41, 5.74) is 1.21. The molecular weight excluding hydrogens is 320 g/mol. The minimum absolute atomic E-state index is 0. The predicted octanol–water partition coefficient (Wildman–Crippen LogP) is -9.56. The summed E-state index contributed by atoms with van der Waals surface area (Å²) < 4.78 is 0. The number of aromatic nitrogens is 1. The first kappa shape index (κ1) is 29.7. The van der Waals surface area contributed by atoms with Crippen molar-refractivity contribution >= 4 is 0 Å². The van der Waals surface area contributed by atoms with Gasteiger partial charge in [0.15, 0.2) is 0 Å². The Morgan fingerprint density at radius 3 is 2.07 bits per heavy atom. The number of unbranched alkanes of at least 4 members (excludes halogenated alkanes) is 1. The summed E-state index contributed by atoms with van der Waals surface area (Å²) in [6, 6.07) is 6.07. The molecule has 0 aliphatic heterocycles. The number of aryl methyl sites for hydroxylation is 1. The molecule has 0 amide bonds. The summed E-state index contributed by atoms with van der Waals surface area (Å²) in [7, 11) is 0. The third-order valence-electron chi connectivity index (χ3n) is 1.51. The SMILES string of the molecule is CCCCc1ccccn1.[Cl-].[Cl-].[Cl-].[Cl-].[Fe+4]. The third-order valence-corrected chi connectivity index (χ3v) is 1.51. The fraction of sp³-hybridized carbons (Fsp3) is 0.444. The molecule has 1 aromatic rings. The third kappa shape index (κ3) is 14.8. The Kier molecular flexibility index (Phi) is 40.1. The van der Waals surface area contributed by atoms with Crippen molar-refractivity contribution in [1.82, 2.24) is 4.98 Å². The van der Waals surface area contributed by atoms with Crippen LogP contribution in [-0.2, 0) is 23.5 Å². The summed E-state index contributed by atoms with van der Waals surface area (Å²) in [6.45, 7) is 2.20. The summed E-state index contributed by atoms with van der Waals surface area (Å²) in [5.74, 6) is 0. The molecule has 0 saturated heterocycles. The molecule has 0 aliphatic carbocycles. The molecule has 1 rings (SSSR count). The summed E-state index contributed by atoms with van der Waals surface area (Å²) in [6.07, 6.45) is 5.47. The fourth-order valence-electron chi connectivity index (χ4n) is 0.904. The first-order valence-corrected chi connectivity index (χ1v) is 3.83. The van der Waals surface area contributed by atoms with Crippen molar-refractivity contribution in [1.29, 1.82) is 0 Å². The van der Waals surface area contributed by atoms with Crippen LogP contribution in [-0.4, -0.2) is 4.98 Å². The van der Waals surface area contributed by atoms with E-state index in [1.54, 1.807) is 0 Å². The van der Waals surface area contributed by atoms with Crippen LogP contribution in [0.1, 0.15) is 25.5 Å². The zero-order chi connectivity index (χ0) is 7.23. The molecule has 0 radical (unpaired) electrons. The van der Waals surface area contributed by atoms with Gasteiger partial charge in [0, 0.05) is 11.9 Å². The topological polar surface area (TPSA) is 12.9 Å².